The Morgan fingerprint density at radius 3 is 2.61 bits per heavy atom. The number of rotatable bonds is 4. The quantitative estimate of drug-likeness (QED) is 0.832. The molecule has 0 atom stereocenters. The Morgan fingerprint density at radius 2 is 2.00 bits per heavy atom. The van der Waals surface area contributed by atoms with Crippen molar-refractivity contribution in [3.63, 3.8) is 0 Å². The van der Waals surface area contributed by atoms with E-state index in [2.05, 4.69) is 10.2 Å². The summed E-state index contributed by atoms with van der Waals surface area (Å²) in [5.41, 5.74) is 1.82. The molecule has 1 aliphatic carbocycles. The Hall–Kier alpha value is -1.58. The molecular formula is C14H17FN2O. The molecule has 0 amide bonds. The number of carbonyl (C=O) groups is 1. The molecule has 0 bridgehead atoms. The van der Waals surface area contributed by atoms with Crippen LogP contribution in [-0.2, 0) is 0 Å². The van der Waals surface area contributed by atoms with Crippen molar-refractivity contribution in [1.82, 2.24) is 0 Å². The molecule has 1 aromatic carbocycles. The molecule has 3 rings (SSSR count). The summed E-state index contributed by atoms with van der Waals surface area (Å²) >= 11 is 0. The Balaban J connectivity index is 1.94. The Kier molecular flexibility index (Phi) is 2.94. The Labute approximate surface area is 106 Å². The maximum Gasteiger partial charge on any atom is 0.152 e. The summed E-state index contributed by atoms with van der Waals surface area (Å²) in [5.74, 6) is -0.291. The molecule has 0 spiro atoms. The summed E-state index contributed by atoms with van der Waals surface area (Å²) in [5, 5.41) is 3.30. The number of nitrogens with zero attached hydrogens (tertiary/aromatic N) is 1. The molecule has 2 aliphatic rings. The minimum Gasteiger partial charge on any atom is -0.382 e. The monoisotopic (exact) mass is 248 g/mol. The molecule has 0 unspecified atom stereocenters. The lowest BCUT2D eigenvalue weighted by Gasteiger charge is -2.20. The van der Waals surface area contributed by atoms with E-state index >= 15 is 0 Å². The first-order valence-electron chi connectivity index (χ1n) is 6.58. The molecule has 2 fully saturated rings. The number of halogens is 1. The predicted octanol–water partition coefficient (Wildman–Crippen LogP) is 2.81. The Bertz CT molecular complexity index is 465. The van der Waals surface area contributed by atoms with Crippen LogP contribution in [0.1, 0.15) is 36.0 Å². The first-order valence-corrected chi connectivity index (χ1v) is 6.58. The zero-order chi connectivity index (χ0) is 12.5. The van der Waals surface area contributed by atoms with E-state index in [1.807, 2.05) is 0 Å². The van der Waals surface area contributed by atoms with Crippen LogP contribution in [0, 0.1) is 5.82 Å². The predicted molar refractivity (Wildman–Crippen MR) is 69.9 cm³/mol. The lowest BCUT2D eigenvalue weighted by atomic mass is 10.1. The number of benzene rings is 1. The average molecular weight is 248 g/mol. The minimum absolute atomic E-state index is 0.291. The van der Waals surface area contributed by atoms with Crippen LogP contribution in [-0.4, -0.2) is 25.4 Å². The van der Waals surface area contributed by atoms with Gasteiger partial charge in [-0.3, -0.25) is 4.79 Å². The highest BCUT2D eigenvalue weighted by molar-refractivity contribution is 5.86. The van der Waals surface area contributed by atoms with Crippen LogP contribution in [0.25, 0.3) is 0 Å². The zero-order valence-corrected chi connectivity index (χ0v) is 10.3. The van der Waals surface area contributed by atoms with Crippen molar-refractivity contribution >= 4 is 17.7 Å². The van der Waals surface area contributed by atoms with Crippen LogP contribution in [0.5, 0.6) is 0 Å². The highest BCUT2D eigenvalue weighted by atomic mass is 19.1. The van der Waals surface area contributed by atoms with Crippen LogP contribution in [0.15, 0.2) is 12.1 Å². The van der Waals surface area contributed by atoms with Gasteiger partial charge in [-0.1, -0.05) is 0 Å². The van der Waals surface area contributed by atoms with Crippen molar-refractivity contribution in [2.75, 3.05) is 23.3 Å². The van der Waals surface area contributed by atoms with Gasteiger partial charge in [0.05, 0.1) is 5.69 Å². The van der Waals surface area contributed by atoms with Gasteiger partial charge in [0.1, 0.15) is 5.82 Å². The summed E-state index contributed by atoms with van der Waals surface area (Å²) < 4.78 is 14.0. The van der Waals surface area contributed by atoms with Crippen molar-refractivity contribution < 1.29 is 9.18 Å². The average Bonchev–Trinajstić information content (AvgIpc) is 3.02. The van der Waals surface area contributed by atoms with E-state index in [-0.39, 0.29) is 5.82 Å². The molecule has 4 heteroatoms. The normalized spacial score (nSPS) is 19.1. The van der Waals surface area contributed by atoms with Crippen LogP contribution >= 0.6 is 0 Å². The van der Waals surface area contributed by atoms with Crippen molar-refractivity contribution in [3.8, 4) is 0 Å². The third-order valence-corrected chi connectivity index (χ3v) is 3.63. The van der Waals surface area contributed by atoms with E-state index in [1.54, 1.807) is 6.07 Å². The van der Waals surface area contributed by atoms with Gasteiger partial charge in [-0.05, 0) is 37.8 Å². The van der Waals surface area contributed by atoms with Gasteiger partial charge in [-0.25, -0.2) is 4.39 Å². The molecular weight excluding hydrogens is 231 g/mol. The van der Waals surface area contributed by atoms with Gasteiger partial charge in [-0.15, -0.1) is 0 Å². The fourth-order valence-corrected chi connectivity index (χ4v) is 2.45. The second kappa shape index (κ2) is 4.59. The van der Waals surface area contributed by atoms with E-state index < -0.39 is 0 Å². The maximum absolute atomic E-state index is 14.0. The zero-order valence-electron chi connectivity index (χ0n) is 10.3. The van der Waals surface area contributed by atoms with Gasteiger partial charge in [0.15, 0.2) is 6.29 Å². The third-order valence-electron chi connectivity index (χ3n) is 3.63. The Morgan fingerprint density at radius 1 is 1.28 bits per heavy atom. The van der Waals surface area contributed by atoms with Crippen LogP contribution in [0.3, 0.4) is 0 Å². The number of hydrogen-bond acceptors (Lipinski definition) is 3. The lowest BCUT2D eigenvalue weighted by molar-refractivity contribution is 0.112. The van der Waals surface area contributed by atoms with Gasteiger partial charge in [0.2, 0.25) is 0 Å². The summed E-state index contributed by atoms with van der Waals surface area (Å²) in [7, 11) is 0. The van der Waals surface area contributed by atoms with Crippen molar-refractivity contribution in [3.05, 3.63) is 23.5 Å². The van der Waals surface area contributed by atoms with Gasteiger partial charge >= 0.3 is 0 Å². The van der Waals surface area contributed by atoms with Crippen LogP contribution in [0.2, 0.25) is 0 Å². The summed E-state index contributed by atoms with van der Waals surface area (Å²) in [4.78, 5) is 13.1. The SMILES string of the molecule is O=Cc1cc(F)c(N2CCCC2)cc1NC1CC1. The maximum atomic E-state index is 14.0. The van der Waals surface area contributed by atoms with Crippen molar-refractivity contribution in [1.29, 1.82) is 0 Å². The minimum atomic E-state index is -0.291. The number of aldehydes is 1. The van der Waals surface area contributed by atoms with E-state index in [0.717, 1.165) is 50.7 Å². The summed E-state index contributed by atoms with van der Waals surface area (Å²) in [6.45, 7) is 1.81. The smallest absolute Gasteiger partial charge is 0.152 e. The number of nitrogens with one attached hydrogen (secondary N) is 1. The van der Waals surface area contributed by atoms with Crippen LogP contribution in [0.4, 0.5) is 15.8 Å². The largest absolute Gasteiger partial charge is 0.382 e. The molecule has 3 nitrogen and oxygen atoms in total. The van der Waals surface area contributed by atoms with Crippen LogP contribution < -0.4 is 10.2 Å². The molecule has 1 N–H and O–H groups in total. The van der Waals surface area contributed by atoms with E-state index in [9.17, 15) is 9.18 Å². The standard InChI is InChI=1S/C14H17FN2O/c15-12-7-10(9-18)13(16-11-3-4-11)8-14(12)17-5-1-2-6-17/h7-9,11,16H,1-6H2. The first kappa shape index (κ1) is 11.5. The molecule has 1 saturated carbocycles. The molecule has 96 valence electrons. The fraction of sp³-hybridized carbons (Fsp3) is 0.500. The molecule has 1 aromatic rings. The number of hydrogen-bond donors (Lipinski definition) is 1. The van der Waals surface area contributed by atoms with E-state index in [1.165, 1.54) is 6.07 Å². The molecule has 1 heterocycles. The molecule has 1 saturated heterocycles. The number of carbonyl (C=O) groups excluding carboxylic acids is 1. The number of anilines is 2. The van der Waals surface area contributed by atoms with Gasteiger partial charge < -0.3 is 10.2 Å². The van der Waals surface area contributed by atoms with Crippen molar-refractivity contribution in [2.24, 2.45) is 0 Å². The fourth-order valence-electron chi connectivity index (χ4n) is 2.45. The second-order valence-electron chi connectivity index (χ2n) is 5.12. The summed E-state index contributed by atoms with van der Waals surface area (Å²) in [6, 6.07) is 3.61. The van der Waals surface area contributed by atoms with Crippen molar-refractivity contribution in [2.45, 2.75) is 31.7 Å². The van der Waals surface area contributed by atoms with E-state index in [4.69, 9.17) is 0 Å². The molecule has 0 aromatic heterocycles. The summed E-state index contributed by atoms with van der Waals surface area (Å²) in [6.07, 6.45) is 5.21. The highest BCUT2D eigenvalue weighted by Gasteiger charge is 2.24. The van der Waals surface area contributed by atoms with Gasteiger partial charge in [0.25, 0.3) is 0 Å². The van der Waals surface area contributed by atoms with Gasteiger partial charge in [0, 0.05) is 30.4 Å². The highest BCUT2D eigenvalue weighted by Crippen LogP contribution is 2.32. The third kappa shape index (κ3) is 2.19. The van der Waals surface area contributed by atoms with Gasteiger partial charge in [-0.2, -0.15) is 0 Å². The second-order valence-corrected chi connectivity index (χ2v) is 5.12. The molecule has 18 heavy (non-hydrogen) atoms. The topological polar surface area (TPSA) is 32.3 Å². The lowest BCUT2D eigenvalue weighted by Crippen LogP contribution is -2.19. The molecule has 0 radical (unpaired) electrons. The first-order chi connectivity index (χ1) is 8.78. The van der Waals surface area contributed by atoms with E-state index in [0.29, 0.717) is 17.3 Å². The molecule has 1 aliphatic heterocycles.